The van der Waals surface area contributed by atoms with Gasteiger partial charge in [-0.15, -0.1) is 0 Å². The Morgan fingerprint density at radius 1 is 1.24 bits per heavy atom. The summed E-state index contributed by atoms with van der Waals surface area (Å²) in [5.74, 6) is -1.44. The number of nitrogens with zero attached hydrogens (tertiary/aromatic N) is 2. The van der Waals surface area contributed by atoms with Crippen molar-refractivity contribution in [1.29, 1.82) is 0 Å². The molecule has 0 saturated carbocycles. The summed E-state index contributed by atoms with van der Waals surface area (Å²) >= 11 is 3.20. The number of amides is 2. The fourth-order valence-electron chi connectivity index (χ4n) is 5.37. The monoisotopic (exact) mass is 565 g/mol. The van der Waals surface area contributed by atoms with Crippen molar-refractivity contribution in [2.24, 2.45) is 11.7 Å². The Hall–Kier alpha value is -3.46. The highest BCUT2D eigenvalue weighted by Crippen LogP contribution is 2.42. The van der Waals surface area contributed by atoms with E-state index in [1.54, 1.807) is 12.3 Å². The van der Waals surface area contributed by atoms with Crippen molar-refractivity contribution in [3.63, 3.8) is 0 Å². The van der Waals surface area contributed by atoms with Crippen LogP contribution in [-0.4, -0.2) is 27.4 Å². The van der Waals surface area contributed by atoms with Crippen molar-refractivity contribution in [3.8, 4) is 0 Å². The predicted octanol–water partition coefficient (Wildman–Crippen LogP) is 4.79. The highest BCUT2D eigenvalue weighted by Gasteiger charge is 2.43. The number of pyridine rings is 1. The maximum Gasteiger partial charge on any atom is 0.250 e. The number of rotatable bonds is 6. The molecular formula is C28H29BrFN5O2. The molecule has 0 saturated heterocycles. The van der Waals surface area contributed by atoms with Gasteiger partial charge in [0.15, 0.2) is 0 Å². The molecule has 0 fully saturated rings. The zero-order valence-corrected chi connectivity index (χ0v) is 22.7. The van der Waals surface area contributed by atoms with Crippen LogP contribution in [-0.2, 0) is 9.59 Å². The SMILES string of the molecule is CC(C)CC1=C(C(N)=O)C(c2cnc3c(ccn3C(C)c3ccc(Br)c(F)c3)c2)C2=C(N1)C(C)NC2=O. The summed E-state index contributed by atoms with van der Waals surface area (Å²) in [5, 5.41) is 7.17. The molecule has 3 unspecified atom stereocenters. The van der Waals surface area contributed by atoms with Gasteiger partial charge in [0.1, 0.15) is 11.5 Å². The van der Waals surface area contributed by atoms with E-state index in [0.717, 1.165) is 33.6 Å². The number of allylic oxidation sites excluding steroid dienone is 1. The number of nitrogens with two attached hydrogens (primary N) is 1. The fraction of sp³-hybridized carbons (Fsp3) is 0.321. The summed E-state index contributed by atoms with van der Waals surface area (Å²) in [5.41, 5.74) is 10.6. The molecule has 4 N–H and O–H groups in total. The van der Waals surface area contributed by atoms with Gasteiger partial charge in [-0.05, 0) is 77.5 Å². The lowest BCUT2D eigenvalue weighted by Crippen LogP contribution is -2.34. The van der Waals surface area contributed by atoms with Crippen molar-refractivity contribution in [3.05, 3.63) is 86.7 Å². The lowest BCUT2D eigenvalue weighted by atomic mass is 9.79. The third kappa shape index (κ3) is 4.35. The van der Waals surface area contributed by atoms with Crippen LogP contribution >= 0.6 is 15.9 Å². The van der Waals surface area contributed by atoms with E-state index in [-0.39, 0.29) is 29.7 Å². The van der Waals surface area contributed by atoms with E-state index in [0.29, 0.717) is 22.0 Å². The third-order valence-corrected chi connectivity index (χ3v) is 7.78. The van der Waals surface area contributed by atoms with Crippen LogP contribution in [0.5, 0.6) is 0 Å². The molecule has 37 heavy (non-hydrogen) atoms. The molecule has 0 spiro atoms. The molecule has 9 heteroatoms. The first-order valence-electron chi connectivity index (χ1n) is 12.3. The van der Waals surface area contributed by atoms with Gasteiger partial charge < -0.3 is 20.9 Å². The molecule has 3 aromatic rings. The number of aromatic nitrogens is 2. The molecule has 1 aromatic carbocycles. The lowest BCUT2D eigenvalue weighted by Gasteiger charge is -2.30. The standard InChI is InChI=1S/C28H29BrFN5O2/c1-13(2)9-21-23(26(31)36)22(24-25(34-21)14(3)33-28(24)37)18-10-17-7-8-35(27(17)32-12-18)15(4)16-5-6-19(29)20(30)11-16/h5-8,10-15,22,34H,9H2,1-4H3,(H2,31,36)(H,33,37). The van der Waals surface area contributed by atoms with Gasteiger partial charge in [-0.3, -0.25) is 9.59 Å². The third-order valence-electron chi connectivity index (χ3n) is 7.13. The predicted molar refractivity (Wildman–Crippen MR) is 144 cm³/mol. The summed E-state index contributed by atoms with van der Waals surface area (Å²) in [6.07, 6.45) is 4.25. The molecule has 192 valence electrons. The first-order chi connectivity index (χ1) is 17.6. The number of carbonyl (C=O) groups excluding carboxylic acids is 2. The highest BCUT2D eigenvalue weighted by atomic mass is 79.9. The van der Waals surface area contributed by atoms with Crippen LogP contribution in [0.3, 0.4) is 0 Å². The number of dihydropyridines is 1. The Morgan fingerprint density at radius 3 is 2.68 bits per heavy atom. The van der Waals surface area contributed by atoms with Crippen molar-refractivity contribution < 1.29 is 14.0 Å². The van der Waals surface area contributed by atoms with E-state index in [9.17, 15) is 14.0 Å². The minimum atomic E-state index is -0.620. The molecule has 2 aliphatic rings. The van der Waals surface area contributed by atoms with Gasteiger partial charge >= 0.3 is 0 Å². The molecule has 0 bridgehead atoms. The van der Waals surface area contributed by atoms with E-state index in [4.69, 9.17) is 10.7 Å². The zero-order valence-electron chi connectivity index (χ0n) is 21.1. The van der Waals surface area contributed by atoms with Crippen LogP contribution in [0.25, 0.3) is 11.0 Å². The van der Waals surface area contributed by atoms with Crippen molar-refractivity contribution in [1.82, 2.24) is 20.2 Å². The lowest BCUT2D eigenvalue weighted by molar-refractivity contribution is -0.117. The largest absolute Gasteiger partial charge is 0.366 e. The molecule has 5 rings (SSSR count). The fourth-order valence-corrected chi connectivity index (χ4v) is 5.62. The normalized spacial score (nSPS) is 20.4. The van der Waals surface area contributed by atoms with Crippen molar-refractivity contribution in [2.45, 2.75) is 52.1 Å². The Labute approximate surface area is 223 Å². The number of carbonyl (C=O) groups is 2. The van der Waals surface area contributed by atoms with E-state index in [1.165, 1.54) is 6.07 Å². The smallest absolute Gasteiger partial charge is 0.250 e. The number of hydrogen-bond donors (Lipinski definition) is 3. The quantitative estimate of drug-likeness (QED) is 0.399. The second-order valence-corrected chi connectivity index (χ2v) is 11.0. The zero-order chi connectivity index (χ0) is 26.6. The van der Waals surface area contributed by atoms with Crippen molar-refractivity contribution in [2.75, 3.05) is 0 Å². The summed E-state index contributed by atoms with van der Waals surface area (Å²) in [6.45, 7) is 8.05. The Kier molecular flexibility index (Phi) is 6.43. The van der Waals surface area contributed by atoms with Gasteiger partial charge in [-0.1, -0.05) is 19.9 Å². The first kappa shape index (κ1) is 25.2. The van der Waals surface area contributed by atoms with E-state index < -0.39 is 11.8 Å². The Morgan fingerprint density at radius 2 is 2.00 bits per heavy atom. The second-order valence-electron chi connectivity index (χ2n) is 10.2. The minimum Gasteiger partial charge on any atom is -0.366 e. The van der Waals surface area contributed by atoms with Gasteiger partial charge in [0.2, 0.25) is 5.91 Å². The Bertz CT molecular complexity index is 1510. The average molecular weight is 566 g/mol. The van der Waals surface area contributed by atoms with Gasteiger partial charge in [0.05, 0.1) is 22.1 Å². The van der Waals surface area contributed by atoms with Crippen molar-refractivity contribution >= 4 is 38.8 Å². The molecule has 2 aromatic heterocycles. The maximum absolute atomic E-state index is 14.2. The van der Waals surface area contributed by atoms with Crippen LogP contribution in [0.1, 0.15) is 57.2 Å². The van der Waals surface area contributed by atoms with Gasteiger partial charge in [0.25, 0.3) is 5.91 Å². The molecule has 3 atom stereocenters. The Balaban J connectivity index is 1.61. The maximum atomic E-state index is 14.2. The van der Waals surface area contributed by atoms with Crippen LogP contribution in [0.4, 0.5) is 4.39 Å². The van der Waals surface area contributed by atoms with E-state index in [2.05, 4.69) is 40.4 Å². The van der Waals surface area contributed by atoms with Gasteiger partial charge in [-0.25, -0.2) is 9.37 Å². The summed E-state index contributed by atoms with van der Waals surface area (Å²) in [6, 6.07) is 8.62. The highest BCUT2D eigenvalue weighted by molar-refractivity contribution is 9.10. The van der Waals surface area contributed by atoms with E-state index in [1.807, 2.05) is 42.8 Å². The number of nitrogens with one attached hydrogen (secondary N) is 2. The topological polar surface area (TPSA) is 102 Å². The summed E-state index contributed by atoms with van der Waals surface area (Å²) in [4.78, 5) is 30.6. The second kappa shape index (κ2) is 9.45. The molecule has 0 radical (unpaired) electrons. The molecule has 2 aliphatic heterocycles. The summed E-state index contributed by atoms with van der Waals surface area (Å²) in [7, 11) is 0. The van der Waals surface area contributed by atoms with Gasteiger partial charge in [0, 0.05) is 40.7 Å². The first-order valence-corrected chi connectivity index (χ1v) is 13.1. The van der Waals surface area contributed by atoms with Crippen LogP contribution < -0.4 is 16.4 Å². The minimum absolute atomic E-state index is 0.160. The van der Waals surface area contributed by atoms with Crippen LogP contribution in [0.2, 0.25) is 0 Å². The molecule has 7 nitrogen and oxygen atoms in total. The van der Waals surface area contributed by atoms with E-state index >= 15 is 0 Å². The average Bonchev–Trinajstić information content (AvgIpc) is 3.38. The van der Waals surface area contributed by atoms with Crippen LogP contribution in [0, 0.1) is 11.7 Å². The number of halogens is 2. The number of benzene rings is 1. The molecular weight excluding hydrogens is 537 g/mol. The number of hydrogen-bond acceptors (Lipinski definition) is 4. The molecule has 4 heterocycles. The molecule has 2 amide bonds. The summed E-state index contributed by atoms with van der Waals surface area (Å²) < 4.78 is 16.6. The number of fused-ring (bicyclic) bond motifs is 1. The van der Waals surface area contributed by atoms with Gasteiger partial charge in [-0.2, -0.15) is 0 Å². The number of primary amides is 1. The van der Waals surface area contributed by atoms with Crippen LogP contribution in [0.15, 0.2) is 69.7 Å². The molecule has 0 aliphatic carbocycles.